The molecule has 2 aromatic rings. The second-order valence-electron chi connectivity index (χ2n) is 9.84. The number of hydrogen-bond donors (Lipinski definition) is 2. The number of oxime groups is 1. The van der Waals surface area contributed by atoms with Crippen LogP contribution in [0, 0.1) is 24.6 Å². The number of aryl methyl sites for hydroxylation is 1. The molecule has 1 fully saturated rings. The molecule has 1 aliphatic carbocycles. The molecule has 216 valence electrons. The van der Waals surface area contributed by atoms with Crippen LogP contribution in [0.5, 0.6) is 0 Å². The highest BCUT2D eigenvalue weighted by Gasteiger charge is 2.64. The Hall–Kier alpha value is -3.35. The van der Waals surface area contributed by atoms with E-state index in [1.165, 1.54) is 18.2 Å². The summed E-state index contributed by atoms with van der Waals surface area (Å²) in [4.78, 5) is 29.0. The van der Waals surface area contributed by atoms with Crippen LogP contribution in [-0.4, -0.2) is 37.3 Å². The zero-order valence-electron chi connectivity index (χ0n) is 21.1. The summed E-state index contributed by atoms with van der Waals surface area (Å²) < 4.78 is 97.5. The Kier molecular flexibility index (Phi) is 7.83. The monoisotopic (exact) mass is 593 g/mol. The molecule has 40 heavy (non-hydrogen) atoms. The number of carbonyl (C=O) groups is 2. The zero-order chi connectivity index (χ0) is 29.6. The maximum Gasteiger partial charge on any atom is 0.435 e. The van der Waals surface area contributed by atoms with Gasteiger partial charge in [-0.05, 0) is 61.1 Å². The van der Waals surface area contributed by atoms with Gasteiger partial charge in [0.1, 0.15) is 5.82 Å². The third-order valence-electron chi connectivity index (χ3n) is 7.19. The number of amides is 2. The van der Waals surface area contributed by atoms with Gasteiger partial charge in [0.05, 0.1) is 22.7 Å². The van der Waals surface area contributed by atoms with Gasteiger partial charge in [0.2, 0.25) is 5.91 Å². The molecule has 0 bridgehead atoms. The van der Waals surface area contributed by atoms with Crippen LogP contribution in [0.1, 0.15) is 51.9 Å². The minimum Gasteiger partial charge on any atom is -0.374 e. The van der Waals surface area contributed by atoms with E-state index in [2.05, 4.69) is 20.6 Å². The Morgan fingerprint density at radius 3 is 2.38 bits per heavy atom. The minimum atomic E-state index is -5.38. The van der Waals surface area contributed by atoms with Gasteiger partial charge in [0.25, 0.3) is 11.5 Å². The molecule has 0 aromatic heterocycles. The first-order chi connectivity index (χ1) is 18.6. The van der Waals surface area contributed by atoms with Crippen molar-refractivity contribution in [2.24, 2.45) is 17.0 Å². The molecule has 14 heteroatoms. The summed E-state index contributed by atoms with van der Waals surface area (Å²) in [5.74, 6) is -2.15. The van der Waals surface area contributed by atoms with E-state index in [1.54, 1.807) is 14.0 Å². The molecule has 0 unspecified atom stereocenters. The average molecular weight is 594 g/mol. The number of alkyl halides is 6. The number of rotatable bonds is 6. The van der Waals surface area contributed by atoms with E-state index >= 15 is 0 Å². The number of nitrogens with zero attached hydrogens (tertiary/aromatic N) is 1. The van der Waals surface area contributed by atoms with Crippen molar-refractivity contribution in [2.45, 2.75) is 44.1 Å². The number of halogens is 8. The first-order valence-electron chi connectivity index (χ1n) is 12.1. The van der Waals surface area contributed by atoms with Gasteiger partial charge in [-0.25, -0.2) is 4.39 Å². The summed E-state index contributed by atoms with van der Waals surface area (Å²) in [5.41, 5.74) is -6.17. The van der Waals surface area contributed by atoms with Crippen molar-refractivity contribution in [3.05, 3.63) is 69.0 Å². The van der Waals surface area contributed by atoms with Crippen LogP contribution in [-0.2, 0) is 21.4 Å². The summed E-state index contributed by atoms with van der Waals surface area (Å²) in [5, 5.41) is 7.65. The molecule has 0 spiro atoms. The molecular formula is C26H23ClF7N3O3. The molecule has 2 amide bonds. The SMILES string of the molecule is CNC(=O)C1CC(CNC(=O)c2ccc(C3=NO[C@@](c4cc(C(F)(F)F)cc(Cl)c4F)(C(F)(F)F)C3)cc2C)C1. The number of benzene rings is 2. The molecule has 2 aliphatic rings. The maximum atomic E-state index is 14.8. The van der Waals surface area contributed by atoms with Crippen molar-refractivity contribution < 1.29 is 45.2 Å². The highest BCUT2D eigenvalue weighted by molar-refractivity contribution is 6.30. The lowest BCUT2D eigenvalue weighted by Gasteiger charge is -2.33. The van der Waals surface area contributed by atoms with Gasteiger partial charge in [-0.15, -0.1) is 0 Å². The van der Waals surface area contributed by atoms with Crippen LogP contribution in [0.4, 0.5) is 30.7 Å². The second-order valence-corrected chi connectivity index (χ2v) is 10.2. The standard InChI is InChI=1S/C26H23ClF7N3O3/c1-12-5-14(3-4-17(12)23(39)36-11-13-6-15(7-13)22(38)35-2)20-10-24(40-37-20,26(32,33)34)18-8-16(25(29,30)31)9-19(27)21(18)28/h3-5,8-9,13,15H,6-7,10-11H2,1-2H3,(H,35,38)(H,36,39)/t13?,15?,24-/m0/s1. The fourth-order valence-electron chi connectivity index (χ4n) is 4.83. The van der Waals surface area contributed by atoms with Gasteiger partial charge < -0.3 is 15.5 Å². The quantitative estimate of drug-likeness (QED) is 0.410. The van der Waals surface area contributed by atoms with E-state index < -0.39 is 52.2 Å². The van der Waals surface area contributed by atoms with Crippen molar-refractivity contribution in [1.29, 1.82) is 0 Å². The summed E-state index contributed by atoms with van der Waals surface area (Å²) in [6.07, 6.45) is -10.3. The van der Waals surface area contributed by atoms with Crippen LogP contribution >= 0.6 is 11.6 Å². The van der Waals surface area contributed by atoms with E-state index in [0.29, 0.717) is 24.9 Å². The largest absolute Gasteiger partial charge is 0.435 e. The van der Waals surface area contributed by atoms with Gasteiger partial charge in [-0.1, -0.05) is 22.8 Å². The Labute approximate surface area is 228 Å². The van der Waals surface area contributed by atoms with Crippen LogP contribution in [0.2, 0.25) is 5.02 Å². The third-order valence-corrected chi connectivity index (χ3v) is 7.46. The van der Waals surface area contributed by atoms with Crippen LogP contribution in [0.15, 0.2) is 35.5 Å². The van der Waals surface area contributed by atoms with Crippen molar-refractivity contribution >= 4 is 29.1 Å². The molecule has 4 rings (SSSR count). The minimum absolute atomic E-state index is 0.0187. The van der Waals surface area contributed by atoms with E-state index in [-0.39, 0.29) is 46.7 Å². The zero-order valence-corrected chi connectivity index (χ0v) is 21.8. The lowest BCUT2D eigenvalue weighted by Crippen LogP contribution is -2.43. The fourth-order valence-corrected chi connectivity index (χ4v) is 5.05. The Morgan fingerprint density at radius 1 is 1.12 bits per heavy atom. The molecule has 1 aliphatic heterocycles. The average Bonchev–Trinajstić information content (AvgIpc) is 3.30. The highest BCUT2D eigenvalue weighted by atomic mass is 35.5. The van der Waals surface area contributed by atoms with Crippen molar-refractivity contribution in [3.63, 3.8) is 0 Å². The molecule has 0 saturated heterocycles. The molecule has 0 radical (unpaired) electrons. The normalized spacial score (nSPS) is 22.7. The maximum absolute atomic E-state index is 14.8. The molecule has 2 N–H and O–H groups in total. The second kappa shape index (κ2) is 10.6. The smallest absolute Gasteiger partial charge is 0.374 e. The van der Waals surface area contributed by atoms with E-state index in [4.69, 9.17) is 11.6 Å². The lowest BCUT2D eigenvalue weighted by atomic mass is 9.74. The lowest BCUT2D eigenvalue weighted by molar-refractivity contribution is -0.276. The highest BCUT2D eigenvalue weighted by Crippen LogP contribution is 2.51. The summed E-state index contributed by atoms with van der Waals surface area (Å²) >= 11 is 5.53. The van der Waals surface area contributed by atoms with Gasteiger partial charge in [-0.3, -0.25) is 9.59 Å². The van der Waals surface area contributed by atoms with Crippen LogP contribution < -0.4 is 10.6 Å². The predicted molar refractivity (Wildman–Crippen MR) is 130 cm³/mol. The first kappa shape index (κ1) is 29.6. The van der Waals surface area contributed by atoms with Crippen molar-refractivity contribution in [2.75, 3.05) is 13.6 Å². The molecule has 2 aromatic carbocycles. The molecule has 1 saturated carbocycles. The van der Waals surface area contributed by atoms with E-state index in [9.17, 15) is 40.3 Å². The van der Waals surface area contributed by atoms with Gasteiger partial charge in [0.15, 0.2) is 0 Å². The Bertz CT molecular complexity index is 1370. The van der Waals surface area contributed by atoms with Gasteiger partial charge >= 0.3 is 12.4 Å². The molecular weight excluding hydrogens is 571 g/mol. The van der Waals surface area contributed by atoms with E-state index in [1.807, 2.05) is 0 Å². The third kappa shape index (κ3) is 5.48. The molecule has 1 heterocycles. The Balaban J connectivity index is 1.53. The van der Waals surface area contributed by atoms with E-state index in [0.717, 1.165) is 0 Å². The summed E-state index contributed by atoms with van der Waals surface area (Å²) in [6, 6.07) is 4.28. The van der Waals surface area contributed by atoms with Crippen molar-refractivity contribution in [3.8, 4) is 0 Å². The van der Waals surface area contributed by atoms with Crippen LogP contribution in [0.25, 0.3) is 0 Å². The van der Waals surface area contributed by atoms with Gasteiger partial charge in [-0.2, -0.15) is 26.3 Å². The number of carbonyl (C=O) groups excluding carboxylic acids is 2. The predicted octanol–water partition coefficient (Wildman–Crippen LogP) is 5.89. The molecule has 1 atom stereocenters. The molecule has 6 nitrogen and oxygen atoms in total. The van der Waals surface area contributed by atoms with Crippen LogP contribution in [0.3, 0.4) is 0 Å². The summed E-state index contributed by atoms with van der Waals surface area (Å²) in [6.45, 7) is 1.89. The fraction of sp³-hybridized carbons (Fsp3) is 0.423. The topological polar surface area (TPSA) is 79.8 Å². The van der Waals surface area contributed by atoms with Gasteiger partial charge in [0, 0.05) is 30.6 Å². The number of hydrogen-bond acceptors (Lipinski definition) is 4. The Morgan fingerprint density at radius 2 is 1.80 bits per heavy atom. The number of nitrogens with one attached hydrogen (secondary N) is 2. The first-order valence-corrected chi connectivity index (χ1v) is 12.4. The van der Waals surface area contributed by atoms with Crippen molar-refractivity contribution in [1.82, 2.24) is 10.6 Å². The summed E-state index contributed by atoms with van der Waals surface area (Å²) in [7, 11) is 1.55.